The Hall–Kier alpha value is -1.69. The molecule has 4 rings (SSSR count). The summed E-state index contributed by atoms with van der Waals surface area (Å²) in [4.78, 5) is 28.7. The third-order valence-corrected chi connectivity index (χ3v) is 7.44. The number of hydrogen-bond donors (Lipinski definition) is 0. The van der Waals surface area contributed by atoms with Crippen molar-refractivity contribution in [3.63, 3.8) is 0 Å². The molecule has 0 spiro atoms. The first-order chi connectivity index (χ1) is 13.7. The molecule has 5 nitrogen and oxygen atoms in total. The fraction of sp³-hybridized carbons (Fsp3) is 0.682. The lowest BCUT2D eigenvalue weighted by Crippen LogP contribution is -2.51. The fourth-order valence-corrected chi connectivity index (χ4v) is 5.65. The van der Waals surface area contributed by atoms with Crippen molar-refractivity contribution in [3.8, 4) is 0 Å². The first-order valence-corrected chi connectivity index (χ1v) is 11.7. The molecule has 0 bridgehead atoms. The minimum absolute atomic E-state index is 0.259. The maximum Gasteiger partial charge on any atom is 0.225 e. The zero-order chi connectivity index (χ0) is 19.5. The van der Waals surface area contributed by atoms with Crippen molar-refractivity contribution >= 4 is 33.3 Å². The van der Waals surface area contributed by atoms with E-state index in [0.29, 0.717) is 5.91 Å². The van der Waals surface area contributed by atoms with Crippen molar-refractivity contribution in [1.82, 2.24) is 14.9 Å². The highest BCUT2D eigenvalue weighted by atomic mass is 32.1. The van der Waals surface area contributed by atoms with E-state index in [0.717, 1.165) is 61.0 Å². The van der Waals surface area contributed by atoms with Crippen molar-refractivity contribution in [2.75, 3.05) is 31.1 Å². The first-order valence-electron chi connectivity index (χ1n) is 10.9. The maximum atomic E-state index is 13.0. The van der Waals surface area contributed by atoms with Crippen LogP contribution in [0, 0.1) is 18.8 Å². The maximum absolute atomic E-state index is 13.0. The summed E-state index contributed by atoms with van der Waals surface area (Å²) in [6.07, 6.45) is 10.3. The summed E-state index contributed by atoms with van der Waals surface area (Å²) in [6, 6.07) is 2.18. The minimum Gasteiger partial charge on any atom is -0.352 e. The highest BCUT2D eigenvalue weighted by Crippen LogP contribution is 2.34. The Morgan fingerprint density at radius 2 is 1.89 bits per heavy atom. The van der Waals surface area contributed by atoms with Gasteiger partial charge < -0.3 is 9.80 Å². The molecule has 1 aliphatic carbocycles. The van der Waals surface area contributed by atoms with Gasteiger partial charge in [0.2, 0.25) is 5.91 Å². The van der Waals surface area contributed by atoms with E-state index in [2.05, 4.69) is 39.7 Å². The van der Waals surface area contributed by atoms with Gasteiger partial charge in [-0.05, 0) is 44.6 Å². The molecule has 1 saturated carbocycles. The third kappa shape index (κ3) is 4.17. The lowest BCUT2D eigenvalue weighted by molar-refractivity contribution is -0.137. The largest absolute Gasteiger partial charge is 0.352 e. The Morgan fingerprint density at radius 3 is 2.61 bits per heavy atom. The average Bonchev–Trinajstić information content (AvgIpc) is 3.12. The number of amides is 1. The molecular weight excluding hydrogens is 368 g/mol. The van der Waals surface area contributed by atoms with Crippen LogP contribution in [0.5, 0.6) is 0 Å². The first kappa shape index (κ1) is 19.6. The zero-order valence-corrected chi connectivity index (χ0v) is 18.0. The molecule has 0 unspecified atom stereocenters. The molecule has 1 aliphatic heterocycles. The average molecular weight is 401 g/mol. The Morgan fingerprint density at radius 1 is 1.14 bits per heavy atom. The van der Waals surface area contributed by atoms with Gasteiger partial charge in [-0.2, -0.15) is 0 Å². The van der Waals surface area contributed by atoms with Crippen LogP contribution in [0.4, 0.5) is 5.82 Å². The highest BCUT2D eigenvalue weighted by Gasteiger charge is 2.31. The van der Waals surface area contributed by atoms with Gasteiger partial charge in [0.25, 0.3) is 0 Å². The number of piperazine rings is 1. The molecule has 2 aliphatic rings. The van der Waals surface area contributed by atoms with Crippen LogP contribution in [0.25, 0.3) is 10.2 Å². The van der Waals surface area contributed by atoms with Crippen molar-refractivity contribution in [3.05, 3.63) is 17.3 Å². The Labute approximate surface area is 172 Å². The standard InChI is InChI=1S/C22H32N4OS/c1-3-4-5-17-6-8-18(9-7-17)22(27)26-12-10-25(11-13-26)20-19-14-16(2)28-21(19)24-15-23-20/h14-15,17-18H,3-13H2,1-2H3. The number of nitrogens with zero attached hydrogens (tertiary/aromatic N) is 4. The van der Waals surface area contributed by atoms with Gasteiger partial charge in [0.05, 0.1) is 5.39 Å². The number of hydrogen-bond acceptors (Lipinski definition) is 5. The number of thiophene rings is 1. The Balaban J connectivity index is 1.32. The van der Waals surface area contributed by atoms with Crippen LogP contribution in [-0.4, -0.2) is 47.0 Å². The van der Waals surface area contributed by atoms with E-state index >= 15 is 0 Å². The molecule has 0 aromatic carbocycles. The lowest BCUT2D eigenvalue weighted by Gasteiger charge is -2.38. The van der Waals surface area contributed by atoms with Gasteiger partial charge in [-0.3, -0.25) is 4.79 Å². The number of anilines is 1. The van der Waals surface area contributed by atoms with Crippen molar-refractivity contribution in [1.29, 1.82) is 0 Å². The smallest absolute Gasteiger partial charge is 0.225 e. The molecule has 3 heterocycles. The Kier molecular flexibility index (Phi) is 6.14. The number of unbranched alkanes of at least 4 members (excludes halogenated alkanes) is 1. The topological polar surface area (TPSA) is 49.3 Å². The molecule has 2 aromatic rings. The van der Waals surface area contributed by atoms with Gasteiger partial charge in [0.15, 0.2) is 0 Å². The number of fused-ring (bicyclic) bond motifs is 1. The molecule has 0 atom stereocenters. The van der Waals surface area contributed by atoms with Gasteiger partial charge in [-0.1, -0.05) is 26.2 Å². The van der Waals surface area contributed by atoms with Crippen LogP contribution in [0.3, 0.4) is 0 Å². The van der Waals surface area contributed by atoms with Crippen molar-refractivity contribution in [2.24, 2.45) is 11.8 Å². The summed E-state index contributed by atoms with van der Waals surface area (Å²) in [6.45, 7) is 7.72. The SMILES string of the molecule is CCCCC1CCC(C(=O)N2CCN(c3ncnc4sc(C)cc34)CC2)CC1. The molecule has 28 heavy (non-hydrogen) atoms. The fourth-order valence-electron chi connectivity index (χ4n) is 4.80. The van der Waals surface area contributed by atoms with E-state index in [4.69, 9.17) is 0 Å². The summed E-state index contributed by atoms with van der Waals surface area (Å²) in [7, 11) is 0. The Bertz CT molecular complexity index is 804. The third-order valence-electron chi connectivity index (χ3n) is 6.48. The number of carbonyl (C=O) groups is 1. The summed E-state index contributed by atoms with van der Waals surface area (Å²) in [5.41, 5.74) is 0. The minimum atomic E-state index is 0.259. The van der Waals surface area contributed by atoms with Crippen LogP contribution in [0.15, 0.2) is 12.4 Å². The van der Waals surface area contributed by atoms with E-state index in [-0.39, 0.29) is 5.92 Å². The number of aromatic nitrogens is 2. The zero-order valence-electron chi connectivity index (χ0n) is 17.2. The van der Waals surface area contributed by atoms with Crippen molar-refractivity contribution < 1.29 is 4.79 Å². The molecule has 1 saturated heterocycles. The second-order valence-electron chi connectivity index (χ2n) is 8.45. The van der Waals surface area contributed by atoms with Gasteiger partial charge in [0, 0.05) is 37.0 Å². The normalized spacial score (nSPS) is 23.4. The number of aryl methyl sites for hydroxylation is 1. The molecule has 0 N–H and O–H groups in total. The van der Waals surface area contributed by atoms with Crippen LogP contribution >= 0.6 is 11.3 Å². The number of carbonyl (C=O) groups excluding carboxylic acids is 1. The molecule has 0 radical (unpaired) electrons. The lowest BCUT2D eigenvalue weighted by atomic mass is 9.79. The number of rotatable bonds is 5. The molecular formula is C22H32N4OS. The molecule has 1 amide bonds. The second-order valence-corrected chi connectivity index (χ2v) is 9.68. The van der Waals surface area contributed by atoms with E-state index in [1.54, 1.807) is 17.7 Å². The molecule has 2 aromatic heterocycles. The highest BCUT2D eigenvalue weighted by molar-refractivity contribution is 7.18. The molecule has 152 valence electrons. The van der Waals surface area contributed by atoms with Crippen LogP contribution < -0.4 is 4.90 Å². The predicted octanol–water partition coefficient (Wildman–Crippen LogP) is 4.64. The van der Waals surface area contributed by atoms with Gasteiger partial charge >= 0.3 is 0 Å². The van der Waals surface area contributed by atoms with E-state index in [1.807, 2.05) is 0 Å². The quantitative estimate of drug-likeness (QED) is 0.733. The molecule has 6 heteroatoms. The van der Waals surface area contributed by atoms with Crippen molar-refractivity contribution in [2.45, 2.75) is 58.8 Å². The van der Waals surface area contributed by atoms with Gasteiger partial charge in [-0.25, -0.2) is 9.97 Å². The summed E-state index contributed by atoms with van der Waals surface area (Å²) < 4.78 is 0. The van der Waals surface area contributed by atoms with Crippen LogP contribution in [0.2, 0.25) is 0 Å². The molecule has 2 fully saturated rings. The van der Waals surface area contributed by atoms with Crippen LogP contribution in [-0.2, 0) is 4.79 Å². The van der Waals surface area contributed by atoms with Crippen LogP contribution in [0.1, 0.15) is 56.7 Å². The van der Waals surface area contributed by atoms with E-state index < -0.39 is 0 Å². The summed E-state index contributed by atoms with van der Waals surface area (Å²) >= 11 is 1.72. The van der Waals surface area contributed by atoms with Gasteiger partial charge in [0.1, 0.15) is 17.0 Å². The predicted molar refractivity (Wildman–Crippen MR) is 116 cm³/mol. The summed E-state index contributed by atoms with van der Waals surface area (Å²) in [5, 5.41) is 1.15. The van der Waals surface area contributed by atoms with E-state index in [9.17, 15) is 4.79 Å². The monoisotopic (exact) mass is 400 g/mol. The second kappa shape index (κ2) is 8.76. The summed E-state index contributed by atoms with van der Waals surface area (Å²) in [5.74, 6) is 2.54. The van der Waals surface area contributed by atoms with Gasteiger partial charge in [-0.15, -0.1) is 11.3 Å². The van der Waals surface area contributed by atoms with E-state index in [1.165, 1.54) is 37.0 Å².